The Morgan fingerprint density at radius 1 is 1.26 bits per heavy atom. The Morgan fingerprint density at radius 2 is 2.00 bits per heavy atom. The van der Waals surface area contributed by atoms with Gasteiger partial charge >= 0.3 is 5.97 Å². The first kappa shape index (κ1) is 15.5. The third-order valence-corrected chi connectivity index (χ3v) is 3.13. The molecule has 0 radical (unpaired) electrons. The summed E-state index contributed by atoms with van der Waals surface area (Å²) in [5.74, 6) is -0.224. The highest BCUT2D eigenvalue weighted by Gasteiger charge is 2.02. The molecule has 0 aliphatic rings. The molecule has 0 atom stereocenters. The molecule has 0 saturated carbocycles. The minimum absolute atomic E-state index is 0.224. The molecule has 2 nitrogen and oxygen atoms in total. The van der Waals surface area contributed by atoms with E-state index in [0.717, 1.165) is 18.4 Å². The summed E-state index contributed by atoms with van der Waals surface area (Å²) >= 11 is 0. The monoisotopic (exact) mass is 260 g/mol. The Labute approximate surface area is 116 Å². The van der Waals surface area contributed by atoms with Gasteiger partial charge in [0.1, 0.15) is 6.61 Å². The largest absolute Gasteiger partial charge is 0.461 e. The van der Waals surface area contributed by atoms with Gasteiger partial charge in [-0.1, -0.05) is 50.6 Å². The average Bonchev–Trinajstić information content (AvgIpc) is 2.42. The van der Waals surface area contributed by atoms with E-state index in [-0.39, 0.29) is 5.97 Å². The molecule has 0 fully saturated rings. The molecule has 1 aromatic carbocycles. The fraction of sp³-hybridized carbons (Fsp3) is 0.471. The maximum Gasteiger partial charge on any atom is 0.302 e. The molecule has 0 amide bonds. The minimum Gasteiger partial charge on any atom is -0.461 e. The lowest BCUT2D eigenvalue weighted by atomic mass is 9.99. The van der Waals surface area contributed by atoms with Crippen LogP contribution in [0.2, 0.25) is 0 Å². The van der Waals surface area contributed by atoms with Crippen LogP contribution >= 0.6 is 0 Å². The third kappa shape index (κ3) is 5.73. The van der Waals surface area contributed by atoms with Gasteiger partial charge in [-0.25, -0.2) is 0 Å². The SMILES string of the molecule is CCCCc1ccccc1/C=C(\CC)COC(C)=O. The Kier molecular flexibility index (Phi) is 6.94. The van der Waals surface area contributed by atoms with Gasteiger partial charge in [0.15, 0.2) is 0 Å². The number of ether oxygens (including phenoxy) is 1. The summed E-state index contributed by atoms with van der Waals surface area (Å²) in [5.41, 5.74) is 3.78. The summed E-state index contributed by atoms with van der Waals surface area (Å²) in [5, 5.41) is 0. The molecule has 0 spiro atoms. The molecule has 0 aromatic heterocycles. The number of carbonyl (C=O) groups excluding carboxylic acids is 1. The van der Waals surface area contributed by atoms with Crippen LogP contribution in [-0.4, -0.2) is 12.6 Å². The van der Waals surface area contributed by atoms with Crippen molar-refractivity contribution in [2.75, 3.05) is 6.61 Å². The highest BCUT2D eigenvalue weighted by molar-refractivity contribution is 5.66. The molecule has 0 aliphatic carbocycles. The smallest absolute Gasteiger partial charge is 0.302 e. The van der Waals surface area contributed by atoms with E-state index < -0.39 is 0 Å². The Bertz CT molecular complexity index is 433. The Morgan fingerprint density at radius 3 is 2.63 bits per heavy atom. The molecule has 104 valence electrons. The van der Waals surface area contributed by atoms with Gasteiger partial charge in [-0.15, -0.1) is 0 Å². The first-order valence-corrected chi connectivity index (χ1v) is 7.08. The van der Waals surface area contributed by atoms with Crippen LogP contribution in [0.15, 0.2) is 29.8 Å². The molecule has 0 unspecified atom stereocenters. The number of benzene rings is 1. The summed E-state index contributed by atoms with van der Waals surface area (Å²) in [7, 11) is 0. The van der Waals surface area contributed by atoms with Gasteiger partial charge in [-0.2, -0.15) is 0 Å². The predicted octanol–water partition coefficient (Wildman–Crippen LogP) is 4.39. The van der Waals surface area contributed by atoms with Crippen molar-refractivity contribution in [2.45, 2.75) is 46.5 Å². The number of hydrogen-bond donors (Lipinski definition) is 0. The zero-order valence-electron chi connectivity index (χ0n) is 12.2. The molecule has 0 heterocycles. The summed E-state index contributed by atoms with van der Waals surface area (Å²) in [6, 6.07) is 8.45. The number of esters is 1. The topological polar surface area (TPSA) is 26.3 Å². The molecule has 0 bridgehead atoms. The molecule has 2 heteroatoms. The summed E-state index contributed by atoms with van der Waals surface area (Å²) in [6.45, 7) is 6.14. The average molecular weight is 260 g/mol. The normalized spacial score (nSPS) is 11.4. The van der Waals surface area contributed by atoms with Crippen molar-refractivity contribution in [3.8, 4) is 0 Å². The Hall–Kier alpha value is -1.57. The van der Waals surface area contributed by atoms with Gasteiger partial charge in [0.05, 0.1) is 0 Å². The highest BCUT2D eigenvalue weighted by atomic mass is 16.5. The zero-order valence-corrected chi connectivity index (χ0v) is 12.2. The van der Waals surface area contributed by atoms with E-state index in [1.165, 1.54) is 30.9 Å². The lowest BCUT2D eigenvalue weighted by Crippen LogP contribution is -2.03. The van der Waals surface area contributed by atoms with Crippen molar-refractivity contribution < 1.29 is 9.53 Å². The molecule has 0 N–H and O–H groups in total. The predicted molar refractivity (Wildman–Crippen MR) is 80.0 cm³/mol. The molecular weight excluding hydrogens is 236 g/mol. The highest BCUT2D eigenvalue weighted by Crippen LogP contribution is 2.17. The third-order valence-electron chi connectivity index (χ3n) is 3.13. The number of hydrogen-bond acceptors (Lipinski definition) is 2. The molecule has 0 saturated heterocycles. The van der Waals surface area contributed by atoms with E-state index in [9.17, 15) is 4.79 Å². The van der Waals surface area contributed by atoms with E-state index in [2.05, 4.69) is 44.2 Å². The van der Waals surface area contributed by atoms with E-state index >= 15 is 0 Å². The van der Waals surface area contributed by atoms with Crippen molar-refractivity contribution in [1.82, 2.24) is 0 Å². The van der Waals surface area contributed by atoms with Crippen molar-refractivity contribution in [1.29, 1.82) is 0 Å². The van der Waals surface area contributed by atoms with Crippen LogP contribution in [0.4, 0.5) is 0 Å². The second kappa shape index (κ2) is 8.52. The first-order chi connectivity index (χ1) is 9.17. The van der Waals surface area contributed by atoms with Crippen LogP contribution in [-0.2, 0) is 16.0 Å². The van der Waals surface area contributed by atoms with Gasteiger partial charge in [0.25, 0.3) is 0 Å². The Balaban J connectivity index is 2.84. The van der Waals surface area contributed by atoms with Crippen molar-refractivity contribution >= 4 is 12.0 Å². The number of unbranched alkanes of at least 4 members (excludes halogenated alkanes) is 1. The summed E-state index contributed by atoms with van der Waals surface area (Å²) in [4.78, 5) is 10.9. The fourth-order valence-electron chi connectivity index (χ4n) is 1.93. The quantitative estimate of drug-likeness (QED) is 0.680. The fourth-order valence-corrected chi connectivity index (χ4v) is 1.93. The number of aryl methyl sites for hydroxylation is 1. The van der Waals surface area contributed by atoms with Crippen LogP contribution in [0.5, 0.6) is 0 Å². The van der Waals surface area contributed by atoms with Crippen LogP contribution in [0.1, 0.15) is 51.2 Å². The lowest BCUT2D eigenvalue weighted by molar-refractivity contribution is -0.139. The maximum atomic E-state index is 10.9. The number of rotatable bonds is 7. The first-order valence-electron chi connectivity index (χ1n) is 7.08. The zero-order chi connectivity index (χ0) is 14.1. The number of carbonyl (C=O) groups is 1. The molecule has 1 aromatic rings. The molecule has 19 heavy (non-hydrogen) atoms. The van der Waals surface area contributed by atoms with Gasteiger partial charge in [0.2, 0.25) is 0 Å². The van der Waals surface area contributed by atoms with Gasteiger partial charge in [-0.05, 0) is 36.0 Å². The standard InChI is InChI=1S/C17H24O2/c1-4-6-9-16-10-7-8-11-17(16)12-15(5-2)13-19-14(3)18/h7-8,10-12H,4-6,9,13H2,1-3H3/b15-12+. The van der Waals surface area contributed by atoms with E-state index in [0.29, 0.717) is 6.61 Å². The van der Waals surface area contributed by atoms with Crippen LogP contribution in [0, 0.1) is 0 Å². The molecule has 0 aliphatic heterocycles. The van der Waals surface area contributed by atoms with Crippen molar-refractivity contribution in [3.63, 3.8) is 0 Å². The summed E-state index contributed by atoms with van der Waals surface area (Å²) < 4.78 is 5.08. The molecule has 1 rings (SSSR count). The van der Waals surface area contributed by atoms with Crippen LogP contribution in [0.25, 0.3) is 6.08 Å². The van der Waals surface area contributed by atoms with E-state index in [4.69, 9.17) is 4.74 Å². The van der Waals surface area contributed by atoms with Crippen LogP contribution in [0.3, 0.4) is 0 Å². The van der Waals surface area contributed by atoms with Gasteiger partial charge in [-0.3, -0.25) is 4.79 Å². The van der Waals surface area contributed by atoms with Gasteiger partial charge in [0, 0.05) is 6.92 Å². The van der Waals surface area contributed by atoms with Gasteiger partial charge < -0.3 is 4.74 Å². The second-order valence-electron chi connectivity index (χ2n) is 4.74. The van der Waals surface area contributed by atoms with Crippen molar-refractivity contribution in [3.05, 3.63) is 41.0 Å². The van der Waals surface area contributed by atoms with Crippen LogP contribution < -0.4 is 0 Å². The maximum absolute atomic E-state index is 10.9. The minimum atomic E-state index is -0.224. The molecular formula is C17H24O2. The lowest BCUT2D eigenvalue weighted by Gasteiger charge is -2.09. The van der Waals surface area contributed by atoms with E-state index in [1.807, 2.05) is 0 Å². The van der Waals surface area contributed by atoms with Crippen molar-refractivity contribution in [2.24, 2.45) is 0 Å². The second-order valence-corrected chi connectivity index (χ2v) is 4.74. The summed E-state index contributed by atoms with van der Waals surface area (Å²) in [6.07, 6.45) is 6.57. The van der Waals surface area contributed by atoms with E-state index in [1.54, 1.807) is 0 Å².